The van der Waals surface area contributed by atoms with Crippen molar-refractivity contribution in [1.29, 1.82) is 0 Å². The number of carbonyl (C=O) groups is 1. The third-order valence-electron chi connectivity index (χ3n) is 3.04. The van der Waals surface area contributed by atoms with Crippen LogP contribution in [0.2, 0.25) is 5.02 Å². The van der Waals surface area contributed by atoms with Crippen LogP contribution in [0.5, 0.6) is 0 Å². The number of alkyl halides is 5. The molecular formula is C11H5Cl3F4O2. The van der Waals surface area contributed by atoms with Crippen molar-refractivity contribution in [2.45, 2.75) is 16.4 Å². The minimum atomic E-state index is -4.75. The van der Waals surface area contributed by atoms with Gasteiger partial charge < -0.3 is 5.11 Å². The van der Waals surface area contributed by atoms with Crippen molar-refractivity contribution in [3.05, 3.63) is 34.1 Å². The lowest BCUT2D eigenvalue weighted by atomic mass is 10.0. The van der Waals surface area contributed by atoms with Gasteiger partial charge in [-0.25, -0.2) is 4.39 Å². The molecule has 0 amide bonds. The molecule has 9 heteroatoms. The largest absolute Gasteiger partial charge is 0.481 e. The summed E-state index contributed by atoms with van der Waals surface area (Å²) in [4.78, 5) is 10.9. The second-order valence-electron chi connectivity index (χ2n) is 4.33. The molecule has 2 rings (SSSR count). The van der Waals surface area contributed by atoms with E-state index in [-0.39, 0.29) is 0 Å². The van der Waals surface area contributed by atoms with Crippen LogP contribution in [0.1, 0.15) is 17.0 Å². The predicted octanol–water partition coefficient (Wildman–Crippen LogP) is 4.47. The van der Waals surface area contributed by atoms with Crippen LogP contribution < -0.4 is 0 Å². The van der Waals surface area contributed by atoms with Crippen LogP contribution >= 0.6 is 34.8 Å². The number of carboxylic acids is 1. The Morgan fingerprint density at radius 3 is 2.25 bits per heavy atom. The molecule has 1 N–H and O–H groups in total. The highest BCUT2D eigenvalue weighted by Gasteiger charge is 2.69. The third-order valence-corrected chi connectivity index (χ3v) is 4.25. The molecule has 2 atom stereocenters. The van der Waals surface area contributed by atoms with Gasteiger partial charge in [-0.3, -0.25) is 4.79 Å². The minimum Gasteiger partial charge on any atom is -0.481 e. The summed E-state index contributed by atoms with van der Waals surface area (Å²) in [6.07, 6.45) is -4.75. The molecule has 0 unspecified atom stereocenters. The van der Waals surface area contributed by atoms with E-state index >= 15 is 0 Å². The van der Waals surface area contributed by atoms with Gasteiger partial charge in [0.1, 0.15) is 16.1 Å². The molecule has 1 fully saturated rings. The van der Waals surface area contributed by atoms with Crippen LogP contribution in [0.25, 0.3) is 0 Å². The summed E-state index contributed by atoms with van der Waals surface area (Å²) in [6.45, 7) is 0. The Bertz CT molecular complexity index is 586. The molecule has 0 heterocycles. The number of aliphatic carboxylic acids is 1. The van der Waals surface area contributed by atoms with E-state index in [9.17, 15) is 22.4 Å². The highest BCUT2D eigenvalue weighted by Crippen LogP contribution is 2.65. The first kappa shape index (κ1) is 15.7. The van der Waals surface area contributed by atoms with Crippen LogP contribution in [-0.2, 0) is 11.0 Å². The highest BCUT2D eigenvalue weighted by molar-refractivity contribution is 6.53. The van der Waals surface area contributed by atoms with Gasteiger partial charge >= 0.3 is 12.1 Å². The minimum absolute atomic E-state index is 0.419. The van der Waals surface area contributed by atoms with Crippen LogP contribution in [0.3, 0.4) is 0 Å². The Hall–Kier alpha value is -0.720. The molecular weight excluding hydrogens is 346 g/mol. The Morgan fingerprint density at radius 1 is 1.30 bits per heavy atom. The van der Waals surface area contributed by atoms with Crippen LogP contribution in [-0.4, -0.2) is 15.4 Å². The van der Waals surface area contributed by atoms with E-state index in [1.807, 2.05) is 0 Å². The molecule has 0 saturated heterocycles. The number of rotatable bonds is 2. The number of hydrogen-bond donors (Lipinski definition) is 1. The van der Waals surface area contributed by atoms with Crippen molar-refractivity contribution in [3.8, 4) is 0 Å². The Balaban J connectivity index is 2.54. The Morgan fingerprint density at radius 2 is 1.85 bits per heavy atom. The molecule has 110 valence electrons. The average Bonchev–Trinajstić information content (AvgIpc) is 2.83. The lowest BCUT2D eigenvalue weighted by Gasteiger charge is -2.11. The van der Waals surface area contributed by atoms with Crippen molar-refractivity contribution in [3.63, 3.8) is 0 Å². The molecule has 1 aliphatic carbocycles. The van der Waals surface area contributed by atoms with Crippen molar-refractivity contribution in [2.24, 2.45) is 5.92 Å². The normalized spacial score (nSPS) is 24.6. The molecule has 0 aliphatic heterocycles. The van der Waals surface area contributed by atoms with Gasteiger partial charge in [0.25, 0.3) is 0 Å². The van der Waals surface area contributed by atoms with E-state index in [0.29, 0.717) is 12.1 Å². The number of carboxylic acid groups (broad SMARTS) is 1. The van der Waals surface area contributed by atoms with Gasteiger partial charge in [-0.1, -0.05) is 34.8 Å². The SMILES string of the molecule is O=C(O)[C@H]1[C@H](c2cc(C(F)(F)F)cc(Cl)c2F)C1(Cl)Cl. The van der Waals surface area contributed by atoms with Gasteiger partial charge in [0.15, 0.2) is 0 Å². The molecule has 1 aromatic carbocycles. The zero-order valence-electron chi connectivity index (χ0n) is 9.31. The first-order chi connectivity index (χ1) is 8.98. The van der Waals surface area contributed by atoms with Gasteiger partial charge in [-0.2, -0.15) is 13.2 Å². The predicted molar refractivity (Wildman–Crippen MR) is 64.7 cm³/mol. The lowest BCUT2D eigenvalue weighted by Crippen LogP contribution is -2.08. The summed E-state index contributed by atoms with van der Waals surface area (Å²) < 4.78 is 49.9. The van der Waals surface area contributed by atoms with Gasteiger partial charge in [0, 0.05) is 5.92 Å². The summed E-state index contributed by atoms with van der Waals surface area (Å²) in [5.74, 6) is -5.25. The number of hydrogen-bond acceptors (Lipinski definition) is 1. The van der Waals surface area contributed by atoms with Gasteiger partial charge in [0.05, 0.1) is 10.6 Å². The standard InChI is InChI=1S/C11H5Cl3F4O2/c12-5-2-3(11(16,17)18)1-4(8(5)15)6-7(9(19)20)10(6,13)14/h1-2,6-7H,(H,19,20)/t6-,7+/m0/s1. The van der Waals surface area contributed by atoms with Gasteiger partial charge in [-0.15, -0.1) is 0 Å². The summed E-state index contributed by atoms with van der Waals surface area (Å²) in [5.41, 5.74) is -1.75. The van der Waals surface area contributed by atoms with Gasteiger partial charge in [0.2, 0.25) is 0 Å². The molecule has 0 aromatic heterocycles. The topological polar surface area (TPSA) is 37.3 Å². The Kier molecular flexibility index (Phi) is 3.64. The molecule has 2 nitrogen and oxygen atoms in total. The summed E-state index contributed by atoms with van der Waals surface area (Å²) in [5, 5.41) is 8.09. The van der Waals surface area contributed by atoms with Crippen LogP contribution in [0, 0.1) is 11.7 Å². The molecule has 0 bridgehead atoms. The monoisotopic (exact) mass is 350 g/mol. The van der Waals surface area contributed by atoms with E-state index in [0.717, 1.165) is 0 Å². The summed E-state index contributed by atoms with van der Waals surface area (Å²) in [7, 11) is 0. The summed E-state index contributed by atoms with van der Waals surface area (Å²) in [6, 6.07) is 0.900. The van der Waals surface area contributed by atoms with Crippen molar-refractivity contribution in [2.75, 3.05) is 0 Å². The maximum Gasteiger partial charge on any atom is 0.416 e. The second kappa shape index (κ2) is 4.64. The third kappa shape index (κ3) is 2.44. The smallest absolute Gasteiger partial charge is 0.416 e. The molecule has 20 heavy (non-hydrogen) atoms. The van der Waals surface area contributed by atoms with E-state index < -0.39 is 50.3 Å². The van der Waals surface area contributed by atoms with Crippen LogP contribution in [0.15, 0.2) is 12.1 Å². The number of benzene rings is 1. The van der Waals surface area contributed by atoms with Crippen LogP contribution in [0.4, 0.5) is 17.6 Å². The zero-order valence-corrected chi connectivity index (χ0v) is 11.6. The van der Waals surface area contributed by atoms with Crippen molar-refractivity contribution < 1.29 is 27.5 Å². The molecule has 1 aliphatic rings. The van der Waals surface area contributed by atoms with Crippen molar-refractivity contribution in [1.82, 2.24) is 0 Å². The lowest BCUT2D eigenvalue weighted by molar-refractivity contribution is -0.138. The highest BCUT2D eigenvalue weighted by atomic mass is 35.5. The van der Waals surface area contributed by atoms with Gasteiger partial charge in [-0.05, 0) is 17.7 Å². The maximum absolute atomic E-state index is 13.8. The van der Waals surface area contributed by atoms with E-state index in [1.165, 1.54) is 0 Å². The van der Waals surface area contributed by atoms with E-state index in [2.05, 4.69) is 0 Å². The number of halogens is 7. The maximum atomic E-state index is 13.8. The molecule has 1 saturated carbocycles. The van der Waals surface area contributed by atoms with Crippen molar-refractivity contribution >= 4 is 40.8 Å². The molecule has 0 radical (unpaired) electrons. The summed E-state index contributed by atoms with van der Waals surface area (Å²) >= 11 is 16.8. The fourth-order valence-corrected chi connectivity index (χ4v) is 3.05. The fraction of sp³-hybridized carbons (Fsp3) is 0.364. The Labute approximate surface area is 125 Å². The molecule has 0 spiro atoms. The fourth-order valence-electron chi connectivity index (χ4n) is 2.02. The quantitative estimate of drug-likeness (QED) is 0.630. The molecule has 1 aromatic rings. The van der Waals surface area contributed by atoms with E-state index in [4.69, 9.17) is 39.9 Å². The average molecular weight is 352 g/mol. The first-order valence-electron chi connectivity index (χ1n) is 5.14. The van der Waals surface area contributed by atoms with E-state index in [1.54, 1.807) is 0 Å². The zero-order chi connectivity index (χ0) is 15.5. The second-order valence-corrected chi connectivity index (χ2v) is 6.18. The first-order valence-corrected chi connectivity index (χ1v) is 6.28.